The highest BCUT2D eigenvalue weighted by atomic mass is 79.9. The van der Waals surface area contributed by atoms with Crippen molar-refractivity contribution < 1.29 is 4.79 Å². The molecule has 0 N–H and O–H groups in total. The third-order valence-corrected chi connectivity index (χ3v) is 4.83. The fourth-order valence-corrected chi connectivity index (χ4v) is 3.52. The first-order valence-corrected chi connectivity index (χ1v) is 8.45. The van der Waals surface area contributed by atoms with Crippen LogP contribution in [0.3, 0.4) is 0 Å². The van der Waals surface area contributed by atoms with E-state index in [-0.39, 0.29) is 5.91 Å². The van der Waals surface area contributed by atoms with Crippen molar-refractivity contribution in [2.24, 2.45) is 5.92 Å². The number of amides is 1. The van der Waals surface area contributed by atoms with Crippen molar-refractivity contribution in [2.45, 2.75) is 58.5 Å². The van der Waals surface area contributed by atoms with E-state index in [9.17, 15) is 4.79 Å². The zero-order chi connectivity index (χ0) is 14.7. The zero-order valence-electron chi connectivity index (χ0n) is 12.7. The van der Waals surface area contributed by atoms with E-state index in [0.29, 0.717) is 6.04 Å². The highest BCUT2D eigenvalue weighted by molar-refractivity contribution is 9.10. The summed E-state index contributed by atoms with van der Waals surface area (Å²) in [5, 5.41) is 0. The van der Waals surface area contributed by atoms with Crippen LogP contribution in [-0.2, 0) is 6.54 Å². The molecule has 0 unspecified atom stereocenters. The molecule has 112 valence electrons. The molecule has 3 nitrogen and oxygen atoms in total. The summed E-state index contributed by atoms with van der Waals surface area (Å²) < 4.78 is 3.05. The first-order valence-electron chi connectivity index (χ1n) is 7.65. The summed E-state index contributed by atoms with van der Waals surface area (Å²) in [6, 6.07) is 2.35. The highest BCUT2D eigenvalue weighted by Crippen LogP contribution is 2.27. The van der Waals surface area contributed by atoms with Crippen LogP contribution in [0.25, 0.3) is 0 Å². The molecule has 1 aliphatic carbocycles. The summed E-state index contributed by atoms with van der Waals surface area (Å²) >= 11 is 3.48. The van der Waals surface area contributed by atoms with E-state index < -0.39 is 0 Å². The molecule has 1 heterocycles. The summed E-state index contributed by atoms with van der Waals surface area (Å²) in [7, 11) is 1.96. The quantitative estimate of drug-likeness (QED) is 0.801. The molecule has 0 atom stereocenters. The van der Waals surface area contributed by atoms with E-state index >= 15 is 0 Å². The van der Waals surface area contributed by atoms with E-state index in [1.54, 1.807) is 0 Å². The third-order valence-electron chi connectivity index (χ3n) is 4.40. The minimum Gasteiger partial charge on any atom is -0.342 e. The van der Waals surface area contributed by atoms with E-state index in [4.69, 9.17) is 0 Å². The molecule has 1 saturated carbocycles. The van der Waals surface area contributed by atoms with Crippen LogP contribution in [0, 0.1) is 5.92 Å². The lowest BCUT2D eigenvalue weighted by atomic mass is 9.86. The van der Waals surface area contributed by atoms with Gasteiger partial charge in [-0.25, -0.2) is 0 Å². The van der Waals surface area contributed by atoms with Gasteiger partial charge in [0.15, 0.2) is 0 Å². The average Bonchev–Trinajstić information content (AvgIpc) is 2.79. The summed E-state index contributed by atoms with van der Waals surface area (Å²) in [6.07, 6.45) is 7.79. The number of rotatable bonds is 4. The predicted octanol–water partition coefficient (Wildman–Crippen LogP) is 4.31. The van der Waals surface area contributed by atoms with Gasteiger partial charge >= 0.3 is 0 Å². The van der Waals surface area contributed by atoms with Gasteiger partial charge in [0.1, 0.15) is 5.69 Å². The van der Waals surface area contributed by atoms with Gasteiger partial charge in [0.05, 0.1) is 0 Å². The van der Waals surface area contributed by atoms with Crippen LogP contribution in [0.4, 0.5) is 0 Å². The van der Waals surface area contributed by atoms with Gasteiger partial charge in [0.25, 0.3) is 5.91 Å². The van der Waals surface area contributed by atoms with Crippen molar-refractivity contribution in [3.8, 4) is 0 Å². The maximum absolute atomic E-state index is 12.7. The highest BCUT2D eigenvalue weighted by Gasteiger charge is 2.26. The fourth-order valence-electron chi connectivity index (χ4n) is 3.06. The van der Waals surface area contributed by atoms with E-state index in [0.717, 1.165) is 41.9 Å². The van der Waals surface area contributed by atoms with E-state index in [1.165, 1.54) is 12.8 Å². The van der Waals surface area contributed by atoms with Gasteiger partial charge in [-0.1, -0.05) is 13.8 Å². The number of carbonyl (C=O) groups excluding carboxylic acids is 1. The zero-order valence-corrected chi connectivity index (χ0v) is 14.3. The summed E-state index contributed by atoms with van der Waals surface area (Å²) in [6.45, 7) is 5.33. The molecular formula is C16H25BrN2O. The lowest BCUT2D eigenvalue weighted by molar-refractivity contribution is 0.0668. The van der Waals surface area contributed by atoms with Gasteiger partial charge in [-0.2, -0.15) is 0 Å². The first-order chi connectivity index (χ1) is 9.52. The number of hydrogen-bond donors (Lipinski definition) is 0. The van der Waals surface area contributed by atoms with Crippen LogP contribution in [-0.4, -0.2) is 28.5 Å². The Labute approximate surface area is 130 Å². The van der Waals surface area contributed by atoms with Gasteiger partial charge in [0.2, 0.25) is 0 Å². The van der Waals surface area contributed by atoms with Crippen LogP contribution < -0.4 is 0 Å². The summed E-state index contributed by atoms with van der Waals surface area (Å²) in [5.41, 5.74) is 0.805. The molecule has 2 rings (SSSR count). The molecule has 0 radical (unpaired) electrons. The van der Waals surface area contributed by atoms with Gasteiger partial charge in [0, 0.05) is 30.3 Å². The van der Waals surface area contributed by atoms with Gasteiger partial charge in [-0.15, -0.1) is 0 Å². The van der Waals surface area contributed by atoms with Crippen LogP contribution in [0.15, 0.2) is 16.7 Å². The minimum atomic E-state index is 0.156. The number of nitrogens with zero attached hydrogens (tertiary/aromatic N) is 2. The molecule has 1 aromatic rings. The monoisotopic (exact) mass is 340 g/mol. The molecule has 4 heteroatoms. The Morgan fingerprint density at radius 1 is 1.40 bits per heavy atom. The topological polar surface area (TPSA) is 25.2 Å². The predicted molar refractivity (Wildman–Crippen MR) is 85.9 cm³/mol. The smallest absolute Gasteiger partial charge is 0.270 e. The Morgan fingerprint density at radius 2 is 2.05 bits per heavy atom. The maximum Gasteiger partial charge on any atom is 0.270 e. The van der Waals surface area contributed by atoms with E-state index in [1.807, 2.05) is 24.2 Å². The largest absolute Gasteiger partial charge is 0.342 e. The fraction of sp³-hybridized carbons (Fsp3) is 0.688. The second kappa shape index (κ2) is 6.79. The van der Waals surface area contributed by atoms with Crippen molar-refractivity contribution in [2.75, 3.05) is 7.05 Å². The van der Waals surface area contributed by atoms with E-state index in [2.05, 4.69) is 34.3 Å². The molecule has 1 fully saturated rings. The van der Waals surface area contributed by atoms with Crippen molar-refractivity contribution >= 4 is 21.8 Å². The second-order valence-electron chi connectivity index (χ2n) is 6.07. The number of aromatic nitrogens is 1. The molecule has 20 heavy (non-hydrogen) atoms. The lowest BCUT2D eigenvalue weighted by Gasteiger charge is -2.33. The normalized spacial score (nSPS) is 22.8. The Kier molecular flexibility index (Phi) is 5.30. The Hall–Kier alpha value is -0.770. The van der Waals surface area contributed by atoms with Crippen molar-refractivity contribution in [3.63, 3.8) is 0 Å². The maximum atomic E-state index is 12.7. The molecule has 0 bridgehead atoms. The lowest BCUT2D eigenvalue weighted by Crippen LogP contribution is -2.40. The standard InChI is InChI=1S/C16H25BrN2O/c1-4-9-19-11-13(17)10-15(19)16(20)18(3)14-7-5-12(2)6-8-14/h10-12,14H,4-9H2,1-3H3. The van der Waals surface area contributed by atoms with Crippen LogP contribution in [0.1, 0.15) is 56.4 Å². The Balaban J connectivity index is 2.10. The SMILES string of the molecule is CCCn1cc(Br)cc1C(=O)N(C)C1CCC(C)CC1. The molecule has 0 spiro atoms. The molecule has 0 aromatic carbocycles. The number of carbonyl (C=O) groups is 1. The minimum absolute atomic E-state index is 0.156. The van der Waals surface area contributed by atoms with Gasteiger partial charge in [-0.3, -0.25) is 4.79 Å². The first kappa shape index (κ1) is 15.6. The molecule has 1 amide bonds. The van der Waals surface area contributed by atoms with Crippen LogP contribution >= 0.6 is 15.9 Å². The average molecular weight is 341 g/mol. The molecule has 0 saturated heterocycles. The van der Waals surface area contributed by atoms with Crippen LogP contribution in [0.2, 0.25) is 0 Å². The van der Waals surface area contributed by atoms with Gasteiger partial charge in [-0.05, 0) is 60.0 Å². The summed E-state index contributed by atoms with van der Waals surface area (Å²) in [4.78, 5) is 14.7. The third kappa shape index (κ3) is 3.46. The Morgan fingerprint density at radius 3 is 2.65 bits per heavy atom. The summed E-state index contributed by atoms with van der Waals surface area (Å²) in [5.74, 6) is 0.969. The number of hydrogen-bond acceptors (Lipinski definition) is 1. The molecule has 1 aliphatic rings. The van der Waals surface area contributed by atoms with Crippen molar-refractivity contribution in [1.82, 2.24) is 9.47 Å². The molecular weight excluding hydrogens is 316 g/mol. The van der Waals surface area contributed by atoms with Gasteiger partial charge < -0.3 is 9.47 Å². The number of halogens is 1. The van der Waals surface area contributed by atoms with Crippen molar-refractivity contribution in [3.05, 3.63) is 22.4 Å². The van der Waals surface area contributed by atoms with Crippen LogP contribution in [0.5, 0.6) is 0 Å². The molecule has 1 aromatic heterocycles. The molecule has 0 aliphatic heterocycles. The van der Waals surface area contributed by atoms with Crippen molar-refractivity contribution in [1.29, 1.82) is 0 Å². The Bertz CT molecular complexity index is 461. The number of aryl methyl sites for hydroxylation is 1. The second-order valence-corrected chi connectivity index (χ2v) is 6.98.